The minimum atomic E-state index is -0.305. The summed E-state index contributed by atoms with van der Waals surface area (Å²) in [5.41, 5.74) is 4.06. The average Bonchev–Trinajstić information content (AvgIpc) is 3.16. The van der Waals surface area contributed by atoms with Gasteiger partial charge in [0, 0.05) is 48.2 Å². The Labute approximate surface area is 177 Å². The van der Waals surface area contributed by atoms with E-state index in [-0.39, 0.29) is 17.7 Å². The molecule has 2 heterocycles. The molecule has 3 aliphatic rings. The Bertz CT molecular complexity index is 918. The lowest BCUT2D eigenvalue weighted by Gasteiger charge is -2.32. The van der Waals surface area contributed by atoms with Crippen LogP contribution in [-0.2, 0) is 14.3 Å². The largest absolute Gasteiger partial charge is 0.496 e. The molecule has 1 fully saturated rings. The molecule has 1 saturated heterocycles. The first-order valence-corrected chi connectivity index (χ1v) is 10.7. The molecule has 0 amide bonds. The molecule has 6 nitrogen and oxygen atoms in total. The van der Waals surface area contributed by atoms with Gasteiger partial charge in [0.05, 0.1) is 19.3 Å². The van der Waals surface area contributed by atoms with E-state index in [4.69, 9.17) is 9.47 Å². The van der Waals surface area contributed by atoms with Gasteiger partial charge in [-0.3, -0.25) is 4.79 Å². The maximum atomic E-state index is 13.0. The standard InChI is InChI=1S/C24H30N2O4/c1-15-19(24(28)30-14-16-8-9-26(2)13-16)12-20-21(25-15)10-17(11-22(20)27)18-6-4-5-7-23(18)29-3/h4-7,16-17,25H,8-14H2,1-3H3/t16?,17-/m1/s1. The summed E-state index contributed by atoms with van der Waals surface area (Å²) in [7, 11) is 3.74. The molecule has 0 bridgehead atoms. The van der Waals surface area contributed by atoms with Crippen LogP contribution in [0.15, 0.2) is 46.8 Å². The van der Waals surface area contributed by atoms with Gasteiger partial charge in [-0.1, -0.05) is 18.2 Å². The van der Waals surface area contributed by atoms with Gasteiger partial charge < -0.3 is 19.7 Å². The number of likely N-dealkylation sites (tertiary alicyclic amines) is 1. The topological polar surface area (TPSA) is 67.9 Å². The first kappa shape index (κ1) is 20.7. The summed E-state index contributed by atoms with van der Waals surface area (Å²) in [4.78, 5) is 27.9. The van der Waals surface area contributed by atoms with Crippen LogP contribution in [0.4, 0.5) is 0 Å². The van der Waals surface area contributed by atoms with Crippen molar-refractivity contribution in [1.82, 2.24) is 10.2 Å². The van der Waals surface area contributed by atoms with Gasteiger partial charge in [0.2, 0.25) is 0 Å². The van der Waals surface area contributed by atoms with E-state index in [9.17, 15) is 9.59 Å². The lowest BCUT2D eigenvalue weighted by Crippen LogP contribution is -2.32. The van der Waals surface area contributed by atoms with Crippen molar-refractivity contribution >= 4 is 11.8 Å². The van der Waals surface area contributed by atoms with Gasteiger partial charge in [-0.15, -0.1) is 0 Å². The highest BCUT2D eigenvalue weighted by atomic mass is 16.5. The van der Waals surface area contributed by atoms with Crippen molar-refractivity contribution in [2.45, 2.75) is 38.5 Å². The summed E-state index contributed by atoms with van der Waals surface area (Å²) in [6.07, 6.45) is 2.57. The number of carbonyl (C=O) groups is 2. The van der Waals surface area contributed by atoms with E-state index in [2.05, 4.69) is 17.3 Å². The van der Waals surface area contributed by atoms with E-state index in [1.165, 1.54) is 0 Å². The summed E-state index contributed by atoms with van der Waals surface area (Å²) in [6, 6.07) is 7.86. The van der Waals surface area contributed by atoms with Gasteiger partial charge in [0.15, 0.2) is 5.78 Å². The quantitative estimate of drug-likeness (QED) is 0.752. The van der Waals surface area contributed by atoms with Crippen LogP contribution >= 0.6 is 0 Å². The number of ketones is 1. The summed E-state index contributed by atoms with van der Waals surface area (Å²) in [5, 5.41) is 3.34. The molecular formula is C24H30N2O4. The van der Waals surface area contributed by atoms with Crippen LogP contribution in [-0.4, -0.2) is 50.5 Å². The molecule has 160 valence electrons. The second-order valence-corrected chi connectivity index (χ2v) is 8.65. The maximum Gasteiger partial charge on any atom is 0.336 e. The number of hydrogen-bond donors (Lipinski definition) is 1. The number of para-hydroxylation sites is 1. The van der Waals surface area contributed by atoms with Crippen molar-refractivity contribution in [2.24, 2.45) is 5.92 Å². The average molecular weight is 411 g/mol. The highest BCUT2D eigenvalue weighted by Crippen LogP contribution is 2.41. The van der Waals surface area contributed by atoms with E-state index in [1.807, 2.05) is 31.2 Å². The Morgan fingerprint density at radius 1 is 1.27 bits per heavy atom. The third kappa shape index (κ3) is 4.15. The Kier molecular flexibility index (Phi) is 5.95. The number of benzene rings is 1. The van der Waals surface area contributed by atoms with Crippen LogP contribution in [0.5, 0.6) is 5.75 Å². The zero-order chi connectivity index (χ0) is 21.3. The number of nitrogens with one attached hydrogen (secondary N) is 1. The van der Waals surface area contributed by atoms with E-state index in [1.54, 1.807) is 7.11 Å². The molecule has 1 aromatic rings. The SMILES string of the molecule is COc1ccccc1[C@H]1CC(=O)C2=C(C1)NC(C)=C(C(=O)OCC1CCN(C)C1)C2. The number of allylic oxidation sites excluding steroid dienone is 3. The van der Waals surface area contributed by atoms with E-state index < -0.39 is 0 Å². The van der Waals surface area contributed by atoms with Crippen LogP contribution in [0, 0.1) is 5.92 Å². The monoisotopic (exact) mass is 410 g/mol. The Hall–Kier alpha value is -2.60. The van der Waals surface area contributed by atoms with Gasteiger partial charge in [0.1, 0.15) is 5.75 Å². The fraction of sp³-hybridized carbons (Fsp3) is 0.500. The third-order valence-corrected chi connectivity index (χ3v) is 6.49. The van der Waals surface area contributed by atoms with Crippen LogP contribution in [0.2, 0.25) is 0 Å². The van der Waals surface area contributed by atoms with Crippen molar-refractivity contribution in [3.63, 3.8) is 0 Å². The lowest BCUT2D eigenvalue weighted by atomic mass is 9.78. The summed E-state index contributed by atoms with van der Waals surface area (Å²) < 4.78 is 11.1. The molecule has 6 heteroatoms. The smallest absolute Gasteiger partial charge is 0.336 e. The molecule has 30 heavy (non-hydrogen) atoms. The van der Waals surface area contributed by atoms with Crippen molar-refractivity contribution < 1.29 is 19.1 Å². The number of carbonyl (C=O) groups excluding carboxylic acids is 2. The second kappa shape index (κ2) is 8.64. The molecule has 2 aliphatic heterocycles. The van der Waals surface area contributed by atoms with Gasteiger partial charge in [-0.05, 0) is 45.0 Å². The summed E-state index contributed by atoms with van der Waals surface area (Å²) >= 11 is 0. The van der Waals surface area contributed by atoms with Gasteiger partial charge in [0.25, 0.3) is 0 Å². The number of dihydropyridines is 1. The number of esters is 1. The minimum Gasteiger partial charge on any atom is -0.496 e. The number of hydrogen-bond acceptors (Lipinski definition) is 6. The molecule has 1 aliphatic carbocycles. The summed E-state index contributed by atoms with van der Waals surface area (Å²) in [5.74, 6) is 1.06. The van der Waals surface area contributed by atoms with Crippen molar-refractivity contribution in [3.8, 4) is 5.75 Å². The molecule has 1 unspecified atom stereocenters. The van der Waals surface area contributed by atoms with Crippen molar-refractivity contribution in [2.75, 3.05) is 33.9 Å². The molecule has 0 aromatic heterocycles. The number of nitrogens with zero attached hydrogens (tertiary/aromatic N) is 1. The highest BCUT2D eigenvalue weighted by molar-refractivity contribution is 6.01. The normalized spacial score (nSPS) is 24.6. The molecule has 0 radical (unpaired) electrons. The minimum absolute atomic E-state index is 0.0700. The molecule has 2 atom stereocenters. The third-order valence-electron chi connectivity index (χ3n) is 6.49. The molecule has 0 spiro atoms. The fourth-order valence-corrected chi connectivity index (χ4v) is 4.79. The molecule has 0 saturated carbocycles. The van der Waals surface area contributed by atoms with E-state index >= 15 is 0 Å². The zero-order valence-electron chi connectivity index (χ0n) is 18.0. The van der Waals surface area contributed by atoms with Crippen molar-refractivity contribution in [3.05, 3.63) is 52.4 Å². The number of ether oxygens (including phenoxy) is 2. The summed E-state index contributed by atoms with van der Waals surface area (Å²) in [6.45, 7) is 4.34. The Morgan fingerprint density at radius 3 is 2.80 bits per heavy atom. The van der Waals surface area contributed by atoms with Crippen LogP contribution in [0.25, 0.3) is 0 Å². The Balaban J connectivity index is 1.44. The molecular weight excluding hydrogens is 380 g/mol. The predicted octanol–water partition coefficient (Wildman–Crippen LogP) is 3.16. The number of methoxy groups -OCH3 is 1. The van der Waals surface area contributed by atoms with Gasteiger partial charge in [-0.25, -0.2) is 4.79 Å². The predicted molar refractivity (Wildman–Crippen MR) is 114 cm³/mol. The first-order valence-electron chi connectivity index (χ1n) is 10.7. The fourth-order valence-electron chi connectivity index (χ4n) is 4.79. The van der Waals surface area contributed by atoms with Gasteiger partial charge >= 0.3 is 5.97 Å². The molecule has 4 rings (SSSR count). The number of rotatable bonds is 5. The van der Waals surface area contributed by atoms with Crippen LogP contribution in [0.3, 0.4) is 0 Å². The zero-order valence-corrected chi connectivity index (χ0v) is 18.0. The van der Waals surface area contributed by atoms with E-state index in [0.29, 0.717) is 30.9 Å². The highest BCUT2D eigenvalue weighted by Gasteiger charge is 2.35. The second-order valence-electron chi connectivity index (χ2n) is 8.65. The molecule has 1 aromatic carbocycles. The van der Waals surface area contributed by atoms with Crippen LogP contribution in [0.1, 0.15) is 44.1 Å². The van der Waals surface area contributed by atoms with Gasteiger partial charge in [-0.2, -0.15) is 0 Å². The lowest BCUT2D eigenvalue weighted by molar-refractivity contribution is -0.140. The molecule has 1 N–H and O–H groups in total. The van der Waals surface area contributed by atoms with E-state index in [0.717, 1.165) is 54.2 Å². The Morgan fingerprint density at radius 2 is 2.07 bits per heavy atom. The van der Waals surface area contributed by atoms with Crippen molar-refractivity contribution in [1.29, 1.82) is 0 Å². The van der Waals surface area contributed by atoms with Crippen LogP contribution < -0.4 is 10.1 Å². The first-order chi connectivity index (χ1) is 14.5. The maximum absolute atomic E-state index is 13.0. The number of Topliss-reactive ketones (excluding diaryl/α,β-unsaturated/α-hetero) is 1.